The molecule has 2 unspecified atom stereocenters. The molecule has 0 radical (unpaired) electrons. The normalized spacial score (nSPS) is 22.8. The molecule has 2 heterocycles. The molecule has 160 valence electrons. The largest absolute Gasteiger partial charge is 0.357 e. The molecule has 0 aromatic carbocycles. The minimum Gasteiger partial charge on any atom is -0.357 e. The third-order valence-electron chi connectivity index (χ3n) is 5.27. The van der Waals surface area contributed by atoms with Crippen LogP contribution in [0.3, 0.4) is 0 Å². The van der Waals surface area contributed by atoms with E-state index in [2.05, 4.69) is 46.5 Å². The zero-order valence-electron chi connectivity index (χ0n) is 17.3. The maximum atomic E-state index is 4.82. The van der Waals surface area contributed by atoms with Crippen LogP contribution in [0.25, 0.3) is 0 Å². The molecule has 3 rings (SSSR count). The third kappa shape index (κ3) is 7.55. The molecule has 1 aromatic heterocycles. The van der Waals surface area contributed by atoms with Crippen LogP contribution in [0.1, 0.15) is 58.1 Å². The summed E-state index contributed by atoms with van der Waals surface area (Å²) in [5.74, 6) is 2.19. The van der Waals surface area contributed by atoms with Crippen LogP contribution in [-0.2, 0) is 6.42 Å². The highest BCUT2D eigenvalue weighted by atomic mass is 127. The minimum atomic E-state index is 0. The molecular weight excluding hydrogens is 501 g/mol. The van der Waals surface area contributed by atoms with E-state index < -0.39 is 0 Å². The lowest BCUT2D eigenvalue weighted by Crippen LogP contribution is -2.45. The van der Waals surface area contributed by atoms with Crippen LogP contribution in [0.5, 0.6) is 0 Å². The van der Waals surface area contributed by atoms with Gasteiger partial charge >= 0.3 is 0 Å². The number of rotatable bonds is 8. The van der Waals surface area contributed by atoms with Gasteiger partial charge in [-0.05, 0) is 44.8 Å². The van der Waals surface area contributed by atoms with Crippen LogP contribution in [-0.4, -0.2) is 54.2 Å². The van der Waals surface area contributed by atoms with E-state index in [0.717, 1.165) is 43.8 Å². The van der Waals surface area contributed by atoms with E-state index in [1.165, 1.54) is 55.1 Å². The fourth-order valence-corrected chi connectivity index (χ4v) is 6.01. The molecule has 0 bridgehead atoms. The molecule has 28 heavy (non-hydrogen) atoms. The summed E-state index contributed by atoms with van der Waals surface area (Å²) in [7, 11) is 0. The fourth-order valence-electron chi connectivity index (χ4n) is 3.92. The maximum absolute atomic E-state index is 4.82. The first-order chi connectivity index (χ1) is 13.3. The van der Waals surface area contributed by atoms with Gasteiger partial charge in [0.05, 0.1) is 5.69 Å². The van der Waals surface area contributed by atoms with E-state index in [9.17, 15) is 0 Å². The van der Waals surface area contributed by atoms with E-state index >= 15 is 0 Å². The summed E-state index contributed by atoms with van der Waals surface area (Å²) < 4.78 is 0. The highest BCUT2D eigenvalue weighted by Crippen LogP contribution is 2.28. The van der Waals surface area contributed by atoms with E-state index in [-0.39, 0.29) is 24.0 Å². The van der Waals surface area contributed by atoms with Gasteiger partial charge in [-0.15, -0.1) is 35.3 Å². The molecule has 8 heteroatoms. The predicted octanol–water partition coefficient (Wildman–Crippen LogP) is 4.52. The van der Waals surface area contributed by atoms with Crippen LogP contribution < -0.4 is 15.5 Å². The van der Waals surface area contributed by atoms with Crippen molar-refractivity contribution in [1.82, 2.24) is 15.6 Å². The van der Waals surface area contributed by atoms with Crippen LogP contribution in [0.2, 0.25) is 0 Å². The second-order valence-corrected chi connectivity index (χ2v) is 9.83. The van der Waals surface area contributed by atoms with E-state index in [1.54, 1.807) is 11.3 Å². The van der Waals surface area contributed by atoms with Gasteiger partial charge in [0.2, 0.25) is 0 Å². The summed E-state index contributed by atoms with van der Waals surface area (Å²) >= 11 is 3.89. The summed E-state index contributed by atoms with van der Waals surface area (Å²) in [5, 5.41) is 11.3. The van der Waals surface area contributed by atoms with Crippen LogP contribution in [0.15, 0.2) is 10.4 Å². The van der Waals surface area contributed by atoms with E-state index in [0.29, 0.717) is 6.04 Å². The summed E-state index contributed by atoms with van der Waals surface area (Å²) in [6.07, 6.45) is 8.73. The Morgan fingerprint density at radius 2 is 2.11 bits per heavy atom. The number of aromatic nitrogens is 1. The second-order valence-electron chi connectivity index (χ2n) is 7.41. The Morgan fingerprint density at radius 3 is 2.86 bits per heavy atom. The Bertz CT molecular complexity index is 587. The van der Waals surface area contributed by atoms with Crippen molar-refractivity contribution in [3.05, 3.63) is 11.1 Å². The average molecular weight is 538 g/mol. The number of guanidine groups is 1. The minimum absolute atomic E-state index is 0. The van der Waals surface area contributed by atoms with Crippen molar-refractivity contribution in [2.75, 3.05) is 36.8 Å². The number of nitrogens with one attached hydrogen (secondary N) is 2. The first-order valence-electron chi connectivity index (χ1n) is 10.6. The highest BCUT2D eigenvalue weighted by molar-refractivity contribution is 14.0. The molecule has 5 nitrogen and oxygen atoms in total. The number of thioether (sulfide) groups is 1. The van der Waals surface area contributed by atoms with E-state index in [1.807, 2.05) is 0 Å². The number of hydrogen-bond donors (Lipinski definition) is 2. The predicted molar refractivity (Wildman–Crippen MR) is 136 cm³/mol. The van der Waals surface area contributed by atoms with Gasteiger partial charge in [0.25, 0.3) is 0 Å². The third-order valence-corrected chi connectivity index (χ3v) is 7.45. The van der Waals surface area contributed by atoms with Gasteiger partial charge in [0.1, 0.15) is 0 Å². The number of anilines is 1. The molecule has 1 aliphatic heterocycles. The standard InChI is InChI=1S/C20H35N5S2.HI/c1-3-21-19(23-16-8-7-9-18(14-16)26-4-2)22-11-10-17-15-27-20(24-17)25-12-5-6-13-25;/h15-16,18H,3-14H2,1-2H3,(H2,21,22,23);1H. The van der Waals surface area contributed by atoms with Crippen molar-refractivity contribution in [3.63, 3.8) is 0 Å². The Kier molecular flexibility index (Phi) is 11.3. The number of nitrogens with zero attached hydrogens (tertiary/aromatic N) is 3. The van der Waals surface area contributed by atoms with E-state index in [4.69, 9.17) is 9.98 Å². The maximum Gasteiger partial charge on any atom is 0.191 e. The molecule has 2 atom stereocenters. The molecule has 2 aliphatic rings. The quantitative estimate of drug-likeness (QED) is 0.290. The molecule has 1 saturated heterocycles. The zero-order chi connectivity index (χ0) is 18.9. The topological polar surface area (TPSA) is 52.6 Å². The summed E-state index contributed by atoms with van der Waals surface area (Å²) in [6, 6.07) is 0.557. The molecule has 0 amide bonds. The lowest BCUT2D eigenvalue weighted by Gasteiger charge is -2.30. The van der Waals surface area contributed by atoms with Gasteiger partial charge in [-0.2, -0.15) is 11.8 Å². The van der Waals surface area contributed by atoms with Crippen molar-refractivity contribution < 1.29 is 0 Å². The zero-order valence-corrected chi connectivity index (χ0v) is 21.2. The Morgan fingerprint density at radius 1 is 1.29 bits per heavy atom. The van der Waals surface area contributed by atoms with Crippen molar-refractivity contribution in [1.29, 1.82) is 0 Å². The van der Waals surface area contributed by atoms with Crippen LogP contribution >= 0.6 is 47.1 Å². The average Bonchev–Trinajstić information content (AvgIpc) is 3.34. The Labute approximate surface area is 196 Å². The molecule has 0 spiro atoms. The number of hydrogen-bond acceptors (Lipinski definition) is 5. The Hall–Kier alpha value is -0.220. The van der Waals surface area contributed by atoms with Crippen LogP contribution in [0.4, 0.5) is 5.13 Å². The Balaban J connectivity index is 0.00000280. The van der Waals surface area contributed by atoms with Gasteiger partial charge < -0.3 is 15.5 Å². The molecule has 1 aromatic rings. The van der Waals surface area contributed by atoms with Gasteiger partial charge in [0, 0.05) is 49.3 Å². The lowest BCUT2D eigenvalue weighted by molar-refractivity contribution is 0.419. The first-order valence-corrected chi connectivity index (χ1v) is 12.6. The number of halogens is 1. The van der Waals surface area contributed by atoms with Gasteiger partial charge in [-0.3, -0.25) is 4.99 Å². The second kappa shape index (κ2) is 13.2. The van der Waals surface area contributed by atoms with Crippen molar-refractivity contribution in [2.24, 2.45) is 4.99 Å². The first kappa shape index (κ1) is 24.1. The smallest absolute Gasteiger partial charge is 0.191 e. The van der Waals surface area contributed by atoms with Crippen molar-refractivity contribution in [2.45, 2.75) is 70.1 Å². The molecular formula is C20H36IN5S2. The van der Waals surface area contributed by atoms with Crippen molar-refractivity contribution >= 4 is 58.2 Å². The monoisotopic (exact) mass is 537 g/mol. The van der Waals surface area contributed by atoms with Gasteiger partial charge in [-0.25, -0.2) is 4.98 Å². The number of thiazole rings is 1. The summed E-state index contributed by atoms with van der Waals surface area (Å²) in [6.45, 7) is 8.42. The molecule has 2 N–H and O–H groups in total. The number of aliphatic imine (C=N–C) groups is 1. The van der Waals surface area contributed by atoms with Crippen molar-refractivity contribution in [3.8, 4) is 0 Å². The molecule has 2 fully saturated rings. The van der Waals surface area contributed by atoms with Crippen LogP contribution in [0, 0.1) is 0 Å². The molecule has 1 saturated carbocycles. The molecule has 1 aliphatic carbocycles. The van der Waals surface area contributed by atoms with Gasteiger partial charge in [0.15, 0.2) is 11.1 Å². The fraction of sp³-hybridized carbons (Fsp3) is 0.800. The van der Waals surface area contributed by atoms with Gasteiger partial charge in [-0.1, -0.05) is 13.3 Å². The summed E-state index contributed by atoms with van der Waals surface area (Å²) in [5.41, 5.74) is 1.18. The summed E-state index contributed by atoms with van der Waals surface area (Å²) in [4.78, 5) is 12.0. The SMILES string of the molecule is CCNC(=NCCc1csc(N2CCCC2)n1)NC1CCCC(SCC)C1.I. The highest BCUT2D eigenvalue weighted by Gasteiger charge is 2.22. The lowest BCUT2D eigenvalue weighted by atomic mass is 9.95.